The third-order valence-corrected chi connectivity index (χ3v) is 4.89. The summed E-state index contributed by atoms with van der Waals surface area (Å²) < 4.78 is 17.9. The molecule has 0 radical (unpaired) electrons. The van der Waals surface area contributed by atoms with E-state index in [1.54, 1.807) is 23.9 Å². The van der Waals surface area contributed by atoms with E-state index in [0.29, 0.717) is 6.42 Å². The summed E-state index contributed by atoms with van der Waals surface area (Å²) in [5, 5.41) is 8.79. The van der Waals surface area contributed by atoms with Gasteiger partial charge in [0.05, 0.1) is 19.1 Å². The first-order valence-electron chi connectivity index (χ1n) is 6.42. The average molecular weight is 293 g/mol. The maximum absolute atomic E-state index is 13.2. The summed E-state index contributed by atoms with van der Waals surface area (Å²) in [5.41, 5.74) is 1.11. The summed E-state index contributed by atoms with van der Waals surface area (Å²) in [6.07, 6.45) is 2.59. The van der Waals surface area contributed by atoms with Crippen LogP contribution >= 0.6 is 11.8 Å². The zero-order valence-electron chi connectivity index (χ0n) is 11.3. The summed E-state index contributed by atoms with van der Waals surface area (Å²) in [4.78, 5) is 11.3. The number of hydrogen-bond donors (Lipinski definition) is 0. The molecular weight excluding hydrogens is 277 g/mol. The number of hydrogen-bond acceptors (Lipinski definition) is 4. The SMILES string of the molecule is COC(=O)CC1(CSCc2ccc(F)c(C#N)c2)CC1. The Morgan fingerprint density at radius 2 is 2.30 bits per heavy atom. The van der Waals surface area contributed by atoms with Crippen LogP contribution in [0.15, 0.2) is 18.2 Å². The second-order valence-corrected chi connectivity index (χ2v) is 6.16. The molecule has 0 heterocycles. The minimum atomic E-state index is -0.481. The molecule has 1 aliphatic carbocycles. The molecule has 2 rings (SSSR count). The fourth-order valence-corrected chi connectivity index (χ4v) is 3.40. The Balaban J connectivity index is 1.85. The van der Waals surface area contributed by atoms with E-state index >= 15 is 0 Å². The van der Waals surface area contributed by atoms with E-state index < -0.39 is 5.82 Å². The van der Waals surface area contributed by atoms with Crippen LogP contribution in [0.2, 0.25) is 0 Å². The third kappa shape index (κ3) is 3.73. The average Bonchev–Trinajstić information content (AvgIpc) is 3.20. The molecule has 0 spiro atoms. The van der Waals surface area contributed by atoms with Gasteiger partial charge >= 0.3 is 5.97 Å². The highest BCUT2D eigenvalue weighted by Gasteiger charge is 2.44. The minimum absolute atomic E-state index is 0.0822. The molecular formula is C15H16FNO2S. The second kappa shape index (κ2) is 6.27. The first-order valence-corrected chi connectivity index (χ1v) is 7.57. The first-order chi connectivity index (χ1) is 9.58. The molecule has 1 aromatic rings. The molecule has 5 heteroatoms. The Morgan fingerprint density at radius 1 is 1.55 bits per heavy atom. The van der Waals surface area contributed by atoms with Gasteiger partial charge in [0.15, 0.2) is 0 Å². The van der Waals surface area contributed by atoms with Gasteiger partial charge in [-0.2, -0.15) is 17.0 Å². The van der Waals surface area contributed by atoms with E-state index in [1.165, 1.54) is 13.2 Å². The van der Waals surface area contributed by atoms with Crippen molar-refractivity contribution in [3.63, 3.8) is 0 Å². The van der Waals surface area contributed by atoms with Crippen LogP contribution in [0.5, 0.6) is 0 Å². The lowest BCUT2D eigenvalue weighted by molar-refractivity contribution is -0.141. The monoisotopic (exact) mass is 293 g/mol. The van der Waals surface area contributed by atoms with Gasteiger partial charge in [0, 0.05) is 5.75 Å². The van der Waals surface area contributed by atoms with Gasteiger partial charge in [-0.3, -0.25) is 4.79 Å². The normalized spacial score (nSPS) is 15.4. The van der Waals surface area contributed by atoms with Crippen LogP contribution in [-0.4, -0.2) is 18.8 Å². The van der Waals surface area contributed by atoms with Crippen LogP contribution in [0.1, 0.15) is 30.4 Å². The number of halogens is 1. The van der Waals surface area contributed by atoms with Crippen molar-refractivity contribution in [2.24, 2.45) is 5.41 Å². The lowest BCUT2D eigenvalue weighted by Crippen LogP contribution is -2.13. The van der Waals surface area contributed by atoms with Crippen molar-refractivity contribution >= 4 is 17.7 Å². The molecule has 0 N–H and O–H groups in total. The Morgan fingerprint density at radius 3 is 2.90 bits per heavy atom. The first kappa shape index (κ1) is 14.9. The number of carbonyl (C=O) groups is 1. The molecule has 3 nitrogen and oxygen atoms in total. The Bertz CT molecular complexity index is 549. The van der Waals surface area contributed by atoms with Crippen molar-refractivity contribution in [2.45, 2.75) is 25.0 Å². The Hall–Kier alpha value is -1.54. The lowest BCUT2D eigenvalue weighted by atomic mass is 10.1. The van der Waals surface area contributed by atoms with E-state index in [0.717, 1.165) is 29.9 Å². The van der Waals surface area contributed by atoms with Gasteiger partial charge in [0.1, 0.15) is 11.9 Å². The highest BCUT2D eigenvalue weighted by atomic mass is 32.2. The Labute approximate surface area is 122 Å². The van der Waals surface area contributed by atoms with Crippen LogP contribution in [0, 0.1) is 22.6 Å². The topological polar surface area (TPSA) is 50.1 Å². The van der Waals surface area contributed by atoms with E-state index in [9.17, 15) is 9.18 Å². The highest BCUT2D eigenvalue weighted by molar-refractivity contribution is 7.98. The fraction of sp³-hybridized carbons (Fsp3) is 0.467. The maximum Gasteiger partial charge on any atom is 0.306 e. The number of carbonyl (C=O) groups excluding carboxylic acids is 1. The number of rotatable bonds is 6. The number of esters is 1. The summed E-state index contributed by atoms with van der Waals surface area (Å²) in [6.45, 7) is 0. The Kier molecular flexibility index (Phi) is 4.66. The molecule has 0 unspecified atom stereocenters. The van der Waals surface area contributed by atoms with Gasteiger partial charge in [-0.1, -0.05) is 6.07 Å². The van der Waals surface area contributed by atoms with Crippen LogP contribution in [0.25, 0.3) is 0 Å². The van der Waals surface area contributed by atoms with Crippen molar-refractivity contribution in [3.05, 3.63) is 35.1 Å². The van der Waals surface area contributed by atoms with Crippen LogP contribution in [0.4, 0.5) is 4.39 Å². The largest absolute Gasteiger partial charge is 0.469 e. The standard InChI is InChI=1S/C15H16FNO2S/c1-19-14(18)7-15(4-5-15)10-20-9-11-2-3-13(16)12(6-11)8-17/h2-3,6H,4-5,7,9-10H2,1H3. The van der Waals surface area contributed by atoms with Gasteiger partial charge in [0.2, 0.25) is 0 Å². The van der Waals surface area contributed by atoms with Gasteiger partial charge in [-0.25, -0.2) is 4.39 Å². The van der Waals surface area contributed by atoms with Crippen molar-refractivity contribution in [1.82, 2.24) is 0 Å². The number of ether oxygens (including phenoxy) is 1. The summed E-state index contributed by atoms with van der Waals surface area (Å²) in [5.74, 6) is 0.974. The summed E-state index contributed by atoms with van der Waals surface area (Å²) in [7, 11) is 1.41. The number of benzene rings is 1. The molecule has 0 amide bonds. The smallest absolute Gasteiger partial charge is 0.306 e. The molecule has 0 atom stereocenters. The molecule has 106 valence electrons. The summed E-state index contributed by atoms with van der Waals surface area (Å²) in [6, 6.07) is 6.46. The van der Waals surface area contributed by atoms with Gasteiger partial charge in [-0.05, 0) is 41.7 Å². The number of thioether (sulfide) groups is 1. The molecule has 20 heavy (non-hydrogen) atoms. The lowest BCUT2D eigenvalue weighted by Gasteiger charge is -2.13. The molecule has 1 saturated carbocycles. The van der Waals surface area contributed by atoms with Gasteiger partial charge < -0.3 is 4.74 Å². The van der Waals surface area contributed by atoms with E-state index in [2.05, 4.69) is 0 Å². The maximum atomic E-state index is 13.2. The molecule has 1 aliphatic rings. The number of nitrogens with zero attached hydrogens (tertiary/aromatic N) is 1. The fourth-order valence-electron chi connectivity index (χ4n) is 2.06. The third-order valence-electron chi connectivity index (χ3n) is 3.53. The highest BCUT2D eigenvalue weighted by Crippen LogP contribution is 2.51. The molecule has 0 saturated heterocycles. The van der Waals surface area contributed by atoms with Crippen molar-refractivity contribution < 1.29 is 13.9 Å². The van der Waals surface area contributed by atoms with Crippen LogP contribution in [0.3, 0.4) is 0 Å². The van der Waals surface area contributed by atoms with E-state index in [1.807, 2.05) is 6.07 Å². The predicted molar refractivity (Wildman–Crippen MR) is 75.6 cm³/mol. The summed E-state index contributed by atoms with van der Waals surface area (Å²) >= 11 is 1.71. The minimum Gasteiger partial charge on any atom is -0.469 e. The van der Waals surface area contributed by atoms with Crippen LogP contribution in [-0.2, 0) is 15.3 Å². The van der Waals surface area contributed by atoms with Crippen molar-refractivity contribution in [1.29, 1.82) is 5.26 Å². The zero-order valence-corrected chi connectivity index (χ0v) is 12.1. The van der Waals surface area contributed by atoms with E-state index in [4.69, 9.17) is 10.00 Å². The number of nitriles is 1. The second-order valence-electron chi connectivity index (χ2n) is 5.17. The van der Waals surface area contributed by atoms with Crippen molar-refractivity contribution in [3.8, 4) is 6.07 Å². The van der Waals surface area contributed by atoms with Crippen molar-refractivity contribution in [2.75, 3.05) is 12.9 Å². The molecule has 0 bridgehead atoms. The van der Waals surface area contributed by atoms with Gasteiger partial charge in [0.25, 0.3) is 0 Å². The molecule has 1 aromatic carbocycles. The zero-order chi connectivity index (χ0) is 14.6. The predicted octanol–water partition coefficient (Wildman–Crippen LogP) is 3.27. The molecule has 0 aliphatic heterocycles. The number of methoxy groups -OCH3 is 1. The molecule has 1 fully saturated rings. The molecule has 0 aromatic heterocycles. The van der Waals surface area contributed by atoms with Crippen LogP contribution < -0.4 is 0 Å². The quantitative estimate of drug-likeness (QED) is 0.755. The van der Waals surface area contributed by atoms with Gasteiger partial charge in [-0.15, -0.1) is 0 Å². The van der Waals surface area contributed by atoms with E-state index in [-0.39, 0.29) is 16.9 Å².